The average molecular weight is 327 g/mol. The van der Waals surface area contributed by atoms with Crippen LogP contribution in [-0.4, -0.2) is 38.1 Å². The van der Waals surface area contributed by atoms with Crippen LogP contribution in [0.1, 0.15) is 46.5 Å². The van der Waals surface area contributed by atoms with Gasteiger partial charge in [0, 0.05) is 5.92 Å². The zero-order chi connectivity index (χ0) is 17.6. The Balaban J connectivity index is 2.82. The molecule has 1 fully saturated rings. The van der Waals surface area contributed by atoms with E-state index in [9.17, 15) is 14.4 Å². The first-order chi connectivity index (χ1) is 10.8. The Morgan fingerprint density at radius 2 is 1.78 bits per heavy atom. The van der Waals surface area contributed by atoms with Crippen molar-refractivity contribution in [3.8, 4) is 0 Å². The molecule has 0 aromatic carbocycles. The second kappa shape index (κ2) is 8.89. The third-order valence-electron chi connectivity index (χ3n) is 4.76. The highest BCUT2D eigenvalue weighted by Crippen LogP contribution is 2.38. The molecule has 0 saturated heterocycles. The van der Waals surface area contributed by atoms with E-state index in [1.807, 2.05) is 0 Å². The van der Waals surface area contributed by atoms with E-state index in [-0.39, 0.29) is 18.2 Å². The molecule has 1 amide bonds. The van der Waals surface area contributed by atoms with Crippen LogP contribution in [0.3, 0.4) is 0 Å². The maximum absolute atomic E-state index is 12.7. The fourth-order valence-corrected chi connectivity index (χ4v) is 3.37. The van der Waals surface area contributed by atoms with Crippen LogP contribution in [0.15, 0.2) is 0 Å². The summed E-state index contributed by atoms with van der Waals surface area (Å²) in [6.45, 7) is 6.38. The Hall–Kier alpha value is -1.59. The SMILES string of the molecule is COC(=O)C[C@@H](NC(=O)[C@@H]1C[C@@H](C)CC[C@@H]1C(C)C)C(=O)OC. The van der Waals surface area contributed by atoms with Crippen molar-refractivity contribution in [2.24, 2.45) is 23.7 Å². The molecule has 0 aliphatic heterocycles. The second-order valence-electron chi connectivity index (χ2n) is 6.80. The summed E-state index contributed by atoms with van der Waals surface area (Å²) in [7, 11) is 2.48. The fourth-order valence-electron chi connectivity index (χ4n) is 3.37. The molecule has 0 heterocycles. The number of esters is 2. The molecular formula is C17H29NO5. The number of carbonyl (C=O) groups is 3. The van der Waals surface area contributed by atoms with E-state index in [0.29, 0.717) is 17.8 Å². The highest BCUT2D eigenvalue weighted by atomic mass is 16.5. The third-order valence-corrected chi connectivity index (χ3v) is 4.76. The van der Waals surface area contributed by atoms with Crippen molar-refractivity contribution in [3.63, 3.8) is 0 Å². The number of ether oxygens (including phenoxy) is 2. The van der Waals surface area contributed by atoms with E-state index >= 15 is 0 Å². The van der Waals surface area contributed by atoms with Crippen molar-refractivity contribution in [3.05, 3.63) is 0 Å². The molecule has 0 aromatic heterocycles. The molecule has 4 atom stereocenters. The molecule has 132 valence electrons. The Morgan fingerprint density at radius 1 is 1.13 bits per heavy atom. The summed E-state index contributed by atoms with van der Waals surface area (Å²) in [4.78, 5) is 35.9. The first-order valence-electron chi connectivity index (χ1n) is 8.25. The minimum Gasteiger partial charge on any atom is -0.469 e. The quantitative estimate of drug-likeness (QED) is 0.754. The fraction of sp³-hybridized carbons (Fsp3) is 0.824. The summed E-state index contributed by atoms with van der Waals surface area (Å²) >= 11 is 0. The molecule has 23 heavy (non-hydrogen) atoms. The Kier molecular flexibility index (Phi) is 7.52. The number of rotatable bonds is 6. The van der Waals surface area contributed by atoms with Crippen LogP contribution in [-0.2, 0) is 23.9 Å². The van der Waals surface area contributed by atoms with E-state index < -0.39 is 18.0 Å². The summed E-state index contributed by atoms with van der Waals surface area (Å²) in [5, 5.41) is 2.69. The summed E-state index contributed by atoms with van der Waals surface area (Å²) in [5.41, 5.74) is 0. The molecular weight excluding hydrogens is 298 g/mol. The van der Waals surface area contributed by atoms with Crippen LogP contribution >= 0.6 is 0 Å². The van der Waals surface area contributed by atoms with Crippen molar-refractivity contribution in [2.45, 2.75) is 52.5 Å². The highest BCUT2D eigenvalue weighted by molar-refractivity contribution is 5.89. The maximum atomic E-state index is 12.7. The van der Waals surface area contributed by atoms with E-state index in [1.165, 1.54) is 14.2 Å². The second-order valence-corrected chi connectivity index (χ2v) is 6.80. The Bertz CT molecular complexity index is 435. The number of amides is 1. The van der Waals surface area contributed by atoms with Gasteiger partial charge in [0.2, 0.25) is 5.91 Å². The van der Waals surface area contributed by atoms with Gasteiger partial charge in [-0.2, -0.15) is 0 Å². The summed E-state index contributed by atoms with van der Waals surface area (Å²) < 4.78 is 9.26. The maximum Gasteiger partial charge on any atom is 0.328 e. The van der Waals surface area contributed by atoms with Gasteiger partial charge in [-0.05, 0) is 30.6 Å². The first-order valence-corrected chi connectivity index (χ1v) is 8.25. The normalized spacial score (nSPS) is 25.6. The summed E-state index contributed by atoms with van der Waals surface area (Å²) in [5.74, 6) is -0.319. The van der Waals surface area contributed by atoms with E-state index in [1.54, 1.807) is 0 Å². The largest absolute Gasteiger partial charge is 0.469 e. The van der Waals surface area contributed by atoms with Gasteiger partial charge in [-0.25, -0.2) is 4.79 Å². The topological polar surface area (TPSA) is 81.7 Å². The molecule has 1 N–H and O–H groups in total. The molecule has 1 aliphatic carbocycles. The zero-order valence-electron chi connectivity index (χ0n) is 14.8. The molecule has 0 spiro atoms. The predicted octanol–water partition coefficient (Wildman–Crippen LogP) is 1.92. The monoisotopic (exact) mass is 327 g/mol. The number of hydrogen-bond acceptors (Lipinski definition) is 5. The van der Waals surface area contributed by atoms with Crippen molar-refractivity contribution >= 4 is 17.8 Å². The van der Waals surface area contributed by atoms with Crippen LogP contribution in [0, 0.1) is 23.7 Å². The zero-order valence-corrected chi connectivity index (χ0v) is 14.8. The highest BCUT2D eigenvalue weighted by Gasteiger charge is 2.37. The van der Waals surface area contributed by atoms with E-state index in [2.05, 4.69) is 35.6 Å². The Morgan fingerprint density at radius 3 is 2.30 bits per heavy atom. The summed E-state index contributed by atoms with van der Waals surface area (Å²) in [6, 6.07) is -0.995. The van der Waals surface area contributed by atoms with Gasteiger partial charge in [-0.3, -0.25) is 9.59 Å². The lowest BCUT2D eigenvalue weighted by Gasteiger charge is -2.36. The molecule has 1 rings (SSSR count). The van der Waals surface area contributed by atoms with Crippen molar-refractivity contribution in [2.75, 3.05) is 14.2 Å². The molecule has 0 bridgehead atoms. The number of nitrogens with one attached hydrogen (secondary N) is 1. The van der Waals surface area contributed by atoms with Crippen LogP contribution in [0.5, 0.6) is 0 Å². The van der Waals surface area contributed by atoms with Crippen LogP contribution in [0.25, 0.3) is 0 Å². The lowest BCUT2D eigenvalue weighted by atomic mass is 9.69. The first kappa shape index (κ1) is 19.5. The van der Waals surface area contributed by atoms with Crippen LogP contribution in [0.2, 0.25) is 0 Å². The van der Waals surface area contributed by atoms with E-state index in [4.69, 9.17) is 0 Å². The van der Waals surface area contributed by atoms with Gasteiger partial charge in [0.15, 0.2) is 0 Å². The van der Waals surface area contributed by atoms with Gasteiger partial charge >= 0.3 is 11.9 Å². The number of hydrogen-bond donors (Lipinski definition) is 1. The van der Waals surface area contributed by atoms with Gasteiger partial charge in [-0.15, -0.1) is 0 Å². The van der Waals surface area contributed by atoms with Gasteiger partial charge in [0.1, 0.15) is 6.04 Å². The van der Waals surface area contributed by atoms with Crippen molar-refractivity contribution in [1.82, 2.24) is 5.32 Å². The summed E-state index contributed by atoms with van der Waals surface area (Å²) in [6.07, 6.45) is 2.72. The molecule has 6 heteroatoms. The molecule has 1 aliphatic rings. The standard InChI is InChI=1S/C17H29NO5/c1-10(2)12-7-6-11(3)8-13(12)16(20)18-14(17(21)23-5)9-15(19)22-4/h10-14H,6-9H2,1-5H3,(H,18,20)/t11-,12+,13+,14+/m0/s1. The number of carbonyl (C=O) groups excluding carboxylic acids is 3. The van der Waals surface area contributed by atoms with Gasteiger partial charge in [0.05, 0.1) is 20.6 Å². The van der Waals surface area contributed by atoms with E-state index in [0.717, 1.165) is 19.3 Å². The van der Waals surface area contributed by atoms with Crippen molar-refractivity contribution in [1.29, 1.82) is 0 Å². The number of methoxy groups -OCH3 is 2. The molecule has 6 nitrogen and oxygen atoms in total. The van der Waals surface area contributed by atoms with Crippen LogP contribution in [0.4, 0.5) is 0 Å². The van der Waals surface area contributed by atoms with Gasteiger partial charge < -0.3 is 14.8 Å². The molecule has 0 unspecified atom stereocenters. The minimum absolute atomic E-state index is 0.136. The van der Waals surface area contributed by atoms with Crippen LogP contribution < -0.4 is 5.32 Å². The smallest absolute Gasteiger partial charge is 0.328 e. The lowest BCUT2D eigenvalue weighted by molar-refractivity contribution is -0.151. The molecule has 1 saturated carbocycles. The molecule has 0 radical (unpaired) electrons. The van der Waals surface area contributed by atoms with Crippen molar-refractivity contribution < 1.29 is 23.9 Å². The average Bonchev–Trinajstić information content (AvgIpc) is 2.52. The van der Waals surface area contributed by atoms with Gasteiger partial charge in [-0.1, -0.05) is 27.2 Å². The minimum atomic E-state index is -0.995. The lowest BCUT2D eigenvalue weighted by Crippen LogP contribution is -2.48. The molecule has 0 aromatic rings. The Labute approximate surface area is 138 Å². The van der Waals surface area contributed by atoms with Gasteiger partial charge in [0.25, 0.3) is 0 Å². The predicted molar refractivity (Wildman–Crippen MR) is 85.4 cm³/mol. The third kappa shape index (κ3) is 5.52.